The number of amides is 4. The molecule has 0 saturated carbocycles. The Morgan fingerprint density at radius 1 is 0.481 bits per heavy atom. The summed E-state index contributed by atoms with van der Waals surface area (Å²) in [6.07, 6.45) is 0.412. The summed E-state index contributed by atoms with van der Waals surface area (Å²) in [5.74, 6) is -3.55. The molecule has 0 radical (unpaired) electrons. The van der Waals surface area contributed by atoms with Gasteiger partial charge in [-0.2, -0.15) is 5.06 Å². The van der Waals surface area contributed by atoms with E-state index >= 15 is 0 Å². The van der Waals surface area contributed by atoms with Gasteiger partial charge in [-0.3, -0.25) is 29.2 Å². The number of carbonyl (C=O) groups excluding carboxylic acids is 5. The van der Waals surface area contributed by atoms with Gasteiger partial charge in [-0.05, 0) is 0 Å². The van der Waals surface area contributed by atoms with Crippen LogP contribution in [-0.2, 0) is 81.0 Å². The second-order valence-electron chi connectivity index (χ2n) is 10.4. The number of rotatable bonds is 31. The van der Waals surface area contributed by atoms with Crippen LogP contribution in [0.2, 0.25) is 0 Å². The maximum Gasteiger partial charge on any atom is 0.335 e. The first-order valence-corrected chi connectivity index (χ1v) is 17.1. The van der Waals surface area contributed by atoms with E-state index in [0.717, 1.165) is 0 Å². The van der Waals surface area contributed by atoms with Crippen LogP contribution in [0.4, 0.5) is 0 Å². The zero-order valence-corrected chi connectivity index (χ0v) is 30.7. The Balaban J connectivity index is 0. The van der Waals surface area contributed by atoms with E-state index in [4.69, 9.17) is 62.5 Å². The summed E-state index contributed by atoms with van der Waals surface area (Å²) in [5.41, 5.74) is 0. The fourth-order valence-corrected chi connectivity index (χ4v) is 3.49. The molecular weight excluding hydrogens is 728 g/mol. The number of carbonyl (C=O) groups is 6. The summed E-state index contributed by atoms with van der Waals surface area (Å²) in [6.45, 7) is 8.08. The van der Waals surface area contributed by atoms with Gasteiger partial charge in [0.25, 0.3) is 23.6 Å². The number of ether oxygens (including phenoxy) is 10. The lowest BCUT2D eigenvalue weighted by molar-refractivity contribution is -0.198. The van der Waals surface area contributed by atoms with Crippen LogP contribution in [0.1, 0.15) is 46.0 Å². The summed E-state index contributed by atoms with van der Waals surface area (Å²) in [4.78, 5) is 69.4. The first kappa shape index (κ1) is 52.9. The second kappa shape index (κ2) is 38.1. The first-order chi connectivity index (χ1) is 25.6. The van der Waals surface area contributed by atoms with Crippen molar-refractivity contribution >= 4 is 35.6 Å². The lowest BCUT2D eigenvalue weighted by Gasteiger charge is -2.12. The fourth-order valence-electron chi connectivity index (χ4n) is 3.49. The second-order valence-corrected chi connectivity index (χ2v) is 10.4. The molecule has 0 unspecified atom stereocenters. The summed E-state index contributed by atoms with van der Waals surface area (Å²) in [5, 5.41) is 17.4. The molecule has 54 heavy (non-hydrogen) atoms. The number of carboxylic acid groups (broad SMARTS) is 1. The van der Waals surface area contributed by atoms with Gasteiger partial charge in [-0.15, -0.1) is 5.06 Å². The van der Waals surface area contributed by atoms with Crippen LogP contribution in [-0.4, -0.2) is 189 Å². The standard InChI is InChI=1S/C16H27NO9.C12H24O7.C4H5NO3.CH4/c1-21-6-7-23-10-11-25-13-12-24-9-8-22-5-4-16(20)26-17-14(18)2-3-15(17)19;1-15-4-5-17-8-9-19-11-10-18-7-6-16-3-2-12(13)14;6-3-1-2-4(7)5(3)8;/h2-13H2,1H3;2-11H2,1H3,(H,13,14);8H,1-2H2;1H4. The first-order valence-electron chi connectivity index (χ1n) is 17.1. The topological polar surface area (TPSA) is 251 Å². The highest BCUT2D eigenvalue weighted by Crippen LogP contribution is 2.12. The minimum Gasteiger partial charge on any atom is -0.481 e. The molecule has 2 fully saturated rings. The number of methoxy groups -OCH3 is 2. The van der Waals surface area contributed by atoms with Gasteiger partial charge in [-0.1, -0.05) is 7.43 Å². The van der Waals surface area contributed by atoms with E-state index in [1.54, 1.807) is 14.2 Å². The number of imide groups is 2. The van der Waals surface area contributed by atoms with Crippen LogP contribution in [0.15, 0.2) is 0 Å². The average molecular weight is 789 g/mol. The summed E-state index contributed by atoms with van der Waals surface area (Å²) in [6, 6.07) is 0. The molecule has 4 amide bonds. The van der Waals surface area contributed by atoms with Gasteiger partial charge >= 0.3 is 11.9 Å². The Hall–Kier alpha value is -3.22. The normalized spacial score (nSPS) is 13.7. The third-order valence-corrected chi connectivity index (χ3v) is 6.23. The monoisotopic (exact) mass is 788 g/mol. The largest absolute Gasteiger partial charge is 0.481 e. The number of carboxylic acids is 1. The van der Waals surface area contributed by atoms with Crippen LogP contribution >= 0.6 is 0 Å². The zero-order valence-electron chi connectivity index (χ0n) is 30.7. The van der Waals surface area contributed by atoms with Crippen molar-refractivity contribution in [3.8, 4) is 0 Å². The van der Waals surface area contributed by atoms with Crippen molar-refractivity contribution in [2.24, 2.45) is 0 Å². The van der Waals surface area contributed by atoms with Gasteiger partial charge in [0.05, 0.1) is 132 Å². The molecule has 2 aliphatic heterocycles. The average Bonchev–Trinajstić information content (AvgIpc) is 3.61. The molecule has 0 atom stereocenters. The molecule has 0 spiro atoms. The van der Waals surface area contributed by atoms with E-state index in [2.05, 4.69) is 0 Å². The van der Waals surface area contributed by atoms with Crippen molar-refractivity contribution < 1.29 is 91.3 Å². The minimum atomic E-state index is -0.859. The highest BCUT2D eigenvalue weighted by molar-refractivity contribution is 6.01. The number of nitrogens with zero attached hydrogens (tertiary/aromatic N) is 2. The highest BCUT2D eigenvalue weighted by Gasteiger charge is 2.32. The van der Waals surface area contributed by atoms with Crippen molar-refractivity contribution in [2.45, 2.75) is 46.0 Å². The number of hydrogen-bond donors (Lipinski definition) is 2. The molecule has 2 aliphatic rings. The molecular formula is C33H60N2O19. The molecule has 21 nitrogen and oxygen atoms in total. The van der Waals surface area contributed by atoms with Crippen molar-refractivity contribution in [2.75, 3.05) is 133 Å². The van der Waals surface area contributed by atoms with Gasteiger partial charge in [0.15, 0.2) is 0 Å². The van der Waals surface area contributed by atoms with E-state index in [9.17, 15) is 28.8 Å². The molecule has 21 heteroatoms. The Morgan fingerprint density at radius 3 is 1.04 bits per heavy atom. The predicted molar refractivity (Wildman–Crippen MR) is 184 cm³/mol. The van der Waals surface area contributed by atoms with E-state index in [1.165, 1.54) is 0 Å². The summed E-state index contributed by atoms with van der Waals surface area (Å²) >= 11 is 0. The maximum atomic E-state index is 11.5. The molecule has 2 N–H and O–H groups in total. The predicted octanol–water partition coefficient (Wildman–Crippen LogP) is 0.0311. The van der Waals surface area contributed by atoms with Crippen molar-refractivity contribution in [3.63, 3.8) is 0 Å². The lowest BCUT2D eigenvalue weighted by Crippen LogP contribution is -2.32. The summed E-state index contributed by atoms with van der Waals surface area (Å²) in [7, 11) is 3.24. The Kier molecular flexibility index (Phi) is 37.3. The quantitative estimate of drug-likeness (QED) is 0.0534. The third kappa shape index (κ3) is 32.2. The summed E-state index contributed by atoms with van der Waals surface area (Å²) < 4.78 is 51.5. The van der Waals surface area contributed by atoms with E-state index in [1.807, 2.05) is 0 Å². The van der Waals surface area contributed by atoms with Gasteiger partial charge in [-0.25, -0.2) is 4.79 Å². The number of hydroxylamine groups is 4. The fraction of sp³-hybridized carbons (Fsp3) is 0.818. The molecule has 0 aromatic carbocycles. The Bertz CT molecular complexity index is 971. The molecule has 316 valence electrons. The van der Waals surface area contributed by atoms with Crippen molar-refractivity contribution in [3.05, 3.63) is 0 Å². The van der Waals surface area contributed by atoms with Gasteiger partial charge < -0.3 is 57.3 Å². The van der Waals surface area contributed by atoms with Gasteiger partial charge in [0, 0.05) is 39.9 Å². The Morgan fingerprint density at radius 2 is 0.759 bits per heavy atom. The number of aliphatic carboxylic acids is 1. The Labute approximate surface area is 316 Å². The van der Waals surface area contributed by atoms with E-state index < -0.39 is 35.6 Å². The molecule has 2 heterocycles. The zero-order chi connectivity index (χ0) is 39.4. The maximum absolute atomic E-state index is 11.5. The highest BCUT2D eigenvalue weighted by atomic mass is 16.7. The van der Waals surface area contributed by atoms with Crippen LogP contribution in [0.3, 0.4) is 0 Å². The molecule has 0 aromatic heterocycles. The minimum absolute atomic E-state index is 0. The third-order valence-electron chi connectivity index (χ3n) is 6.23. The lowest BCUT2D eigenvalue weighted by atomic mass is 10.4. The molecule has 0 bridgehead atoms. The van der Waals surface area contributed by atoms with Crippen molar-refractivity contribution in [1.29, 1.82) is 0 Å². The van der Waals surface area contributed by atoms with E-state index in [0.29, 0.717) is 111 Å². The van der Waals surface area contributed by atoms with Crippen LogP contribution in [0.5, 0.6) is 0 Å². The van der Waals surface area contributed by atoms with Crippen LogP contribution < -0.4 is 0 Å². The van der Waals surface area contributed by atoms with Crippen LogP contribution in [0, 0.1) is 0 Å². The van der Waals surface area contributed by atoms with Gasteiger partial charge in [0.2, 0.25) is 0 Å². The molecule has 2 saturated heterocycles. The molecule has 0 aromatic rings. The smallest absolute Gasteiger partial charge is 0.335 e. The molecule has 0 aliphatic carbocycles. The number of hydrogen-bond acceptors (Lipinski definition) is 18. The van der Waals surface area contributed by atoms with E-state index in [-0.39, 0.29) is 64.2 Å². The van der Waals surface area contributed by atoms with Crippen molar-refractivity contribution in [1.82, 2.24) is 10.1 Å². The molecule has 2 rings (SSSR count). The SMILES string of the molecule is C.COCCOCCOCCOCCOCCC(=O)O.COCCOCCOCCOCCOCCC(=O)ON1C(=O)CCC1=O.O=C1CCC(=O)N1O. The van der Waals surface area contributed by atoms with Crippen LogP contribution in [0.25, 0.3) is 0 Å². The van der Waals surface area contributed by atoms with Gasteiger partial charge in [0.1, 0.15) is 0 Å².